The van der Waals surface area contributed by atoms with Gasteiger partial charge in [-0.15, -0.1) is 0 Å². The van der Waals surface area contributed by atoms with E-state index in [0.717, 1.165) is 24.8 Å². The van der Waals surface area contributed by atoms with E-state index in [2.05, 4.69) is 6.07 Å². The normalized spacial score (nSPS) is 18.9. The Hall–Kier alpha value is 0.165. The first kappa shape index (κ1) is 13.2. The van der Waals surface area contributed by atoms with Crippen LogP contribution < -0.4 is 0 Å². The summed E-state index contributed by atoms with van der Waals surface area (Å²) in [6, 6.07) is 8.00. The molecule has 0 radical (unpaired) electrons. The van der Waals surface area contributed by atoms with E-state index in [4.69, 9.17) is 14.7 Å². The number of hydrogen-bond donors (Lipinski definition) is 2. The van der Waals surface area contributed by atoms with E-state index in [0.29, 0.717) is 0 Å². The van der Waals surface area contributed by atoms with Crippen LogP contribution in [0.15, 0.2) is 24.3 Å². The maximum absolute atomic E-state index is 8.76. The van der Waals surface area contributed by atoms with Crippen molar-refractivity contribution in [1.82, 2.24) is 0 Å². The molecule has 1 aromatic rings. The van der Waals surface area contributed by atoms with Crippen LogP contribution in [0.1, 0.15) is 30.1 Å². The van der Waals surface area contributed by atoms with Crippen LogP contribution in [0.25, 0.3) is 0 Å². The van der Waals surface area contributed by atoms with Gasteiger partial charge < -0.3 is 14.7 Å². The molecule has 0 fully saturated rings. The van der Waals surface area contributed by atoms with E-state index in [1.165, 1.54) is 5.56 Å². The minimum atomic E-state index is -1.67. The van der Waals surface area contributed by atoms with Crippen molar-refractivity contribution in [2.24, 2.45) is 0 Å². The summed E-state index contributed by atoms with van der Waals surface area (Å²) in [6.07, 6.45) is 2.78. The molecule has 3 nitrogen and oxygen atoms in total. The van der Waals surface area contributed by atoms with Crippen LogP contribution >= 0.6 is 0 Å². The quantitative estimate of drug-likeness (QED) is 0.703. The molecule has 15 heavy (non-hydrogen) atoms. The van der Waals surface area contributed by atoms with E-state index in [-0.39, 0.29) is 35.7 Å². The summed E-state index contributed by atoms with van der Waals surface area (Å²) >= 11 is 0. The summed E-state index contributed by atoms with van der Waals surface area (Å²) in [4.78, 5) is 0. The third-order valence-corrected chi connectivity index (χ3v) is 2.60. The fourth-order valence-electron chi connectivity index (χ4n) is 2.00. The molecule has 0 bridgehead atoms. The van der Waals surface area contributed by atoms with Gasteiger partial charge in [-0.1, -0.05) is 24.3 Å². The van der Waals surface area contributed by atoms with Crippen molar-refractivity contribution in [3.05, 3.63) is 35.4 Å². The molecule has 1 aliphatic carbocycles. The molecule has 0 saturated heterocycles. The van der Waals surface area contributed by atoms with Crippen molar-refractivity contribution in [2.45, 2.75) is 25.4 Å². The Kier molecular flexibility index (Phi) is 5.33. The van der Waals surface area contributed by atoms with Gasteiger partial charge in [0.1, 0.15) is 0 Å². The van der Waals surface area contributed by atoms with Crippen LogP contribution in [-0.2, 0) is 11.1 Å². The molecule has 0 aromatic heterocycles. The SMILES string of the molecule is OB(O)OC1CCCc2ccccc21.[NaH]. The molecule has 1 atom stereocenters. The fourth-order valence-corrected chi connectivity index (χ4v) is 2.00. The average molecular weight is 216 g/mol. The number of benzene rings is 1. The summed E-state index contributed by atoms with van der Waals surface area (Å²) in [5, 5.41) is 17.5. The van der Waals surface area contributed by atoms with Crippen LogP contribution in [0.2, 0.25) is 0 Å². The summed E-state index contributed by atoms with van der Waals surface area (Å²) in [5.74, 6) is 0. The van der Waals surface area contributed by atoms with Crippen molar-refractivity contribution < 1.29 is 14.7 Å². The van der Waals surface area contributed by atoms with Crippen LogP contribution in [0, 0.1) is 0 Å². The molecule has 2 N–H and O–H groups in total. The molecular formula is C10H14BNaO3. The van der Waals surface area contributed by atoms with Crippen molar-refractivity contribution in [3.63, 3.8) is 0 Å². The minimum absolute atomic E-state index is 0. The fraction of sp³-hybridized carbons (Fsp3) is 0.400. The Morgan fingerprint density at radius 1 is 1.27 bits per heavy atom. The van der Waals surface area contributed by atoms with E-state index in [1.54, 1.807) is 0 Å². The molecule has 0 amide bonds. The van der Waals surface area contributed by atoms with Crippen LogP contribution in [-0.4, -0.2) is 46.9 Å². The molecule has 1 aliphatic rings. The molecule has 5 heteroatoms. The first-order chi connectivity index (χ1) is 6.77. The van der Waals surface area contributed by atoms with E-state index < -0.39 is 7.32 Å². The predicted octanol–water partition coefficient (Wildman–Crippen LogP) is 0.402. The number of aryl methyl sites for hydroxylation is 1. The van der Waals surface area contributed by atoms with E-state index in [9.17, 15) is 0 Å². The van der Waals surface area contributed by atoms with Gasteiger partial charge in [-0.05, 0) is 30.4 Å². The number of rotatable bonds is 2. The Morgan fingerprint density at radius 2 is 2.00 bits per heavy atom. The molecule has 2 rings (SSSR count). The topological polar surface area (TPSA) is 49.7 Å². The van der Waals surface area contributed by atoms with Gasteiger partial charge in [-0.2, -0.15) is 0 Å². The summed E-state index contributed by atoms with van der Waals surface area (Å²) in [6.45, 7) is 0. The van der Waals surface area contributed by atoms with Crippen molar-refractivity contribution in [1.29, 1.82) is 0 Å². The Balaban J connectivity index is 0.00000112. The van der Waals surface area contributed by atoms with Gasteiger partial charge in [-0.25, -0.2) is 0 Å². The molecule has 76 valence electrons. The van der Waals surface area contributed by atoms with Gasteiger partial charge in [0, 0.05) is 0 Å². The Labute approximate surface area is 112 Å². The van der Waals surface area contributed by atoms with Gasteiger partial charge in [0.15, 0.2) is 0 Å². The van der Waals surface area contributed by atoms with Gasteiger partial charge in [0.25, 0.3) is 0 Å². The molecule has 0 aliphatic heterocycles. The first-order valence-corrected chi connectivity index (χ1v) is 4.87. The predicted molar refractivity (Wildman–Crippen MR) is 60.5 cm³/mol. The first-order valence-electron chi connectivity index (χ1n) is 4.87. The Bertz CT molecular complexity index is 319. The maximum atomic E-state index is 8.76. The zero-order chi connectivity index (χ0) is 9.97. The molecule has 0 heterocycles. The zero-order valence-corrected chi connectivity index (χ0v) is 7.89. The second-order valence-electron chi connectivity index (χ2n) is 3.54. The molecular weight excluding hydrogens is 202 g/mol. The van der Waals surface area contributed by atoms with Crippen LogP contribution in [0.5, 0.6) is 0 Å². The number of hydrogen-bond acceptors (Lipinski definition) is 3. The summed E-state index contributed by atoms with van der Waals surface area (Å²) in [7, 11) is -1.67. The third-order valence-electron chi connectivity index (χ3n) is 2.60. The van der Waals surface area contributed by atoms with Crippen molar-refractivity contribution in [3.8, 4) is 0 Å². The van der Waals surface area contributed by atoms with Gasteiger partial charge in [-0.3, -0.25) is 0 Å². The van der Waals surface area contributed by atoms with Gasteiger partial charge in [0.2, 0.25) is 0 Å². The number of fused-ring (bicyclic) bond motifs is 1. The second-order valence-corrected chi connectivity index (χ2v) is 3.54. The van der Waals surface area contributed by atoms with Crippen molar-refractivity contribution >= 4 is 36.9 Å². The standard InChI is InChI=1S/C10H13BO3.Na.H/c12-11(13)14-10-7-3-5-8-4-1-2-6-9(8)10;;/h1-2,4,6,10,12-13H,3,5,7H2;;. The van der Waals surface area contributed by atoms with Gasteiger partial charge >= 0.3 is 36.9 Å². The van der Waals surface area contributed by atoms with Crippen molar-refractivity contribution in [2.75, 3.05) is 0 Å². The zero-order valence-electron chi connectivity index (χ0n) is 7.89. The summed E-state index contributed by atoms with van der Waals surface area (Å²) < 4.78 is 5.03. The molecule has 1 aromatic carbocycles. The van der Waals surface area contributed by atoms with Crippen LogP contribution in [0.4, 0.5) is 0 Å². The third kappa shape index (κ3) is 3.31. The average Bonchev–Trinajstić information content (AvgIpc) is 2.18. The molecule has 1 unspecified atom stereocenters. The second kappa shape index (κ2) is 6.04. The summed E-state index contributed by atoms with van der Waals surface area (Å²) in [5.41, 5.74) is 2.34. The molecule has 0 spiro atoms. The van der Waals surface area contributed by atoms with E-state index in [1.807, 2.05) is 18.2 Å². The monoisotopic (exact) mass is 216 g/mol. The van der Waals surface area contributed by atoms with Gasteiger partial charge in [0.05, 0.1) is 6.10 Å². The van der Waals surface area contributed by atoms with E-state index >= 15 is 0 Å². The molecule has 0 saturated carbocycles. The van der Waals surface area contributed by atoms with Crippen LogP contribution in [0.3, 0.4) is 0 Å². The Morgan fingerprint density at radius 3 is 2.73 bits per heavy atom.